The maximum Gasteiger partial charge on any atom is 0.232 e. The Morgan fingerprint density at radius 3 is 2.43 bits per heavy atom. The quantitative estimate of drug-likeness (QED) is 0.708. The molecule has 3 aliphatic rings. The van der Waals surface area contributed by atoms with Crippen molar-refractivity contribution in [3.05, 3.63) is 32.7 Å². The minimum Gasteiger partial charge on any atom is -0.341 e. The summed E-state index contributed by atoms with van der Waals surface area (Å²) in [6.07, 6.45) is 6.65. The smallest absolute Gasteiger partial charge is 0.232 e. The van der Waals surface area contributed by atoms with Crippen LogP contribution in [0.5, 0.6) is 0 Å². The Bertz CT molecular complexity index is 936. The van der Waals surface area contributed by atoms with E-state index < -0.39 is 0 Å². The van der Waals surface area contributed by atoms with E-state index in [4.69, 9.17) is 0 Å². The van der Waals surface area contributed by atoms with Crippen molar-refractivity contribution in [3.63, 3.8) is 0 Å². The van der Waals surface area contributed by atoms with Gasteiger partial charge in [-0.1, -0.05) is 6.42 Å². The Kier molecular flexibility index (Phi) is 4.97. The van der Waals surface area contributed by atoms with Crippen molar-refractivity contribution in [3.8, 4) is 0 Å². The second-order valence-electron chi connectivity index (χ2n) is 9.37. The van der Waals surface area contributed by atoms with E-state index in [1.165, 1.54) is 11.3 Å². The van der Waals surface area contributed by atoms with Crippen molar-refractivity contribution in [1.82, 2.24) is 19.8 Å². The molecule has 2 aromatic rings. The van der Waals surface area contributed by atoms with Gasteiger partial charge in [0, 0.05) is 65.6 Å². The Morgan fingerprint density at radius 2 is 1.83 bits per heavy atom. The van der Waals surface area contributed by atoms with Crippen molar-refractivity contribution in [2.45, 2.75) is 51.9 Å². The van der Waals surface area contributed by atoms with Gasteiger partial charge >= 0.3 is 0 Å². The zero-order valence-corrected chi connectivity index (χ0v) is 19.2. The van der Waals surface area contributed by atoms with Crippen LogP contribution >= 0.6 is 22.7 Å². The monoisotopic (exact) mass is 444 g/mol. The number of carbonyl (C=O) groups excluding carboxylic acids is 2. The van der Waals surface area contributed by atoms with Gasteiger partial charge in [-0.05, 0) is 33.1 Å². The van der Waals surface area contributed by atoms with Crippen LogP contribution in [-0.2, 0) is 16.0 Å². The second-order valence-corrected chi connectivity index (χ2v) is 11.2. The van der Waals surface area contributed by atoms with Crippen LogP contribution in [0.3, 0.4) is 0 Å². The van der Waals surface area contributed by atoms with E-state index in [9.17, 15) is 9.59 Å². The molecule has 160 valence electrons. The predicted octanol–water partition coefficient (Wildman–Crippen LogP) is 3.49. The maximum atomic E-state index is 13.3. The first kappa shape index (κ1) is 20.1. The van der Waals surface area contributed by atoms with E-state index in [0.29, 0.717) is 6.42 Å². The fourth-order valence-electron chi connectivity index (χ4n) is 5.99. The number of rotatable bonds is 5. The molecule has 30 heavy (non-hydrogen) atoms. The SMILES string of the molecule is Cc1csc(C(C)C(=O)N2CC34CCCC3(CN(C(=O)CCc3cncs3)C4)C2)n1. The van der Waals surface area contributed by atoms with Gasteiger partial charge < -0.3 is 9.80 Å². The second kappa shape index (κ2) is 7.41. The summed E-state index contributed by atoms with van der Waals surface area (Å²) in [7, 11) is 0. The normalized spacial score (nSPS) is 28.6. The lowest BCUT2D eigenvalue weighted by atomic mass is 9.71. The lowest BCUT2D eigenvalue weighted by Gasteiger charge is -2.29. The average Bonchev–Trinajstić information content (AvgIpc) is 3.48. The molecule has 0 radical (unpaired) electrons. The first-order valence-corrected chi connectivity index (χ1v) is 12.5. The lowest BCUT2D eigenvalue weighted by molar-refractivity contribution is -0.133. The van der Waals surface area contributed by atoms with Crippen LogP contribution in [0.4, 0.5) is 0 Å². The highest BCUT2D eigenvalue weighted by Gasteiger charge is 2.66. The molecule has 3 unspecified atom stereocenters. The number of aryl methyl sites for hydroxylation is 2. The fraction of sp³-hybridized carbons (Fsp3) is 0.636. The molecule has 0 N–H and O–H groups in total. The molecule has 0 aromatic carbocycles. The molecule has 2 amide bonds. The van der Waals surface area contributed by atoms with Gasteiger partial charge in [0.1, 0.15) is 5.01 Å². The molecule has 0 bridgehead atoms. The van der Waals surface area contributed by atoms with Crippen LogP contribution in [-0.4, -0.2) is 57.8 Å². The number of hydrogen-bond donors (Lipinski definition) is 0. The number of amides is 2. The zero-order valence-electron chi connectivity index (χ0n) is 17.6. The highest BCUT2D eigenvalue weighted by atomic mass is 32.1. The van der Waals surface area contributed by atoms with Crippen LogP contribution in [0.25, 0.3) is 0 Å². The van der Waals surface area contributed by atoms with Gasteiger partial charge in [-0.3, -0.25) is 14.6 Å². The molecule has 1 aliphatic carbocycles. The summed E-state index contributed by atoms with van der Waals surface area (Å²) >= 11 is 3.19. The van der Waals surface area contributed by atoms with Gasteiger partial charge in [0.05, 0.1) is 11.4 Å². The lowest BCUT2D eigenvalue weighted by Crippen LogP contribution is -2.40. The number of nitrogens with zero attached hydrogens (tertiary/aromatic N) is 4. The van der Waals surface area contributed by atoms with Crippen LogP contribution < -0.4 is 0 Å². The molecule has 5 rings (SSSR count). The molecule has 6 nitrogen and oxygen atoms in total. The molecule has 2 aliphatic heterocycles. The topological polar surface area (TPSA) is 66.4 Å². The van der Waals surface area contributed by atoms with Crippen LogP contribution in [0.1, 0.15) is 54.1 Å². The number of thiazole rings is 2. The summed E-state index contributed by atoms with van der Waals surface area (Å²) in [4.78, 5) is 40.2. The van der Waals surface area contributed by atoms with E-state index in [2.05, 4.69) is 19.8 Å². The van der Waals surface area contributed by atoms with E-state index in [1.54, 1.807) is 22.7 Å². The molecular weight excluding hydrogens is 416 g/mol. The highest BCUT2D eigenvalue weighted by Crippen LogP contribution is 2.62. The molecule has 2 aromatic heterocycles. The van der Waals surface area contributed by atoms with Crippen LogP contribution in [0, 0.1) is 17.8 Å². The van der Waals surface area contributed by atoms with Crippen molar-refractivity contribution >= 4 is 34.5 Å². The van der Waals surface area contributed by atoms with Crippen LogP contribution in [0.15, 0.2) is 17.1 Å². The van der Waals surface area contributed by atoms with E-state index in [1.807, 2.05) is 30.9 Å². The molecule has 4 heterocycles. The third-order valence-electron chi connectivity index (χ3n) is 7.52. The molecular formula is C22H28N4O2S2. The van der Waals surface area contributed by atoms with E-state index >= 15 is 0 Å². The zero-order chi connectivity index (χ0) is 20.9. The highest BCUT2D eigenvalue weighted by molar-refractivity contribution is 7.10. The number of carbonyl (C=O) groups is 2. The van der Waals surface area contributed by atoms with Crippen molar-refractivity contribution in [1.29, 1.82) is 0 Å². The van der Waals surface area contributed by atoms with Crippen molar-refractivity contribution < 1.29 is 9.59 Å². The summed E-state index contributed by atoms with van der Waals surface area (Å²) < 4.78 is 0. The Labute approximate surface area is 185 Å². The molecule has 3 fully saturated rings. The molecule has 0 spiro atoms. The van der Waals surface area contributed by atoms with E-state index in [0.717, 1.165) is 56.1 Å². The minimum absolute atomic E-state index is 0.0846. The number of likely N-dealkylation sites (tertiary alicyclic amines) is 2. The van der Waals surface area contributed by atoms with Crippen molar-refractivity contribution in [2.24, 2.45) is 10.8 Å². The van der Waals surface area contributed by atoms with Gasteiger partial charge in [-0.25, -0.2) is 4.98 Å². The first-order chi connectivity index (χ1) is 14.4. The summed E-state index contributed by atoms with van der Waals surface area (Å²) in [5.41, 5.74) is 2.97. The van der Waals surface area contributed by atoms with Gasteiger partial charge in [0.2, 0.25) is 11.8 Å². The number of hydrogen-bond acceptors (Lipinski definition) is 6. The Hall–Kier alpha value is -1.80. The third-order valence-corrected chi connectivity index (χ3v) is 9.51. The molecule has 3 atom stereocenters. The predicted molar refractivity (Wildman–Crippen MR) is 118 cm³/mol. The van der Waals surface area contributed by atoms with Gasteiger partial charge in [0.25, 0.3) is 0 Å². The maximum absolute atomic E-state index is 13.3. The average molecular weight is 445 g/mol. The fourth-order valence-corrected chi connectivity index (χ4v) is 7.44. The van der Waals surface area contributed by atoms with Gasteiger partial charge in [-0.2, -0.15) is 0 Å². The third kappa shape index (κ3) is 3.19. The van der Waals surface area contributed by atoms with Gasteiger partial charge in [-0.15, -0.1) is 22.7 Å². The summed E-state index contributed by atoms with van der Waals surface area (Å²) in [5.74, 6) is 0.263. The molecule has 8 heteroatoms. The minimum atomic E-state index is -0.187. The summed E-state index contributed by atoms with van der Waals surface area (Å²) in [6, 6.07) is 0. The Morgan fingerprint density at radius 1 is 1.13 bits per heavy atom. The molecule has 2 saturated heterocycles. The standard InChI is InChI=1S/C22H28N4O2S2/c1-15-9-29-19(24-15)16(2)20(28)26-12-21-6-3-7-22(21,13-26)11-25(10-21)18(27)5-4-17-8-23-14-30-17/h8-9,14,16H,3-7,10-13H2,1-2H3. The van der Waals surface area contributed by atoms with E-state index in [-0.39, 0.29) is 28.6 Å². The molecule has 1 saturated carbocycles. The number of aromatic nitrogens is 2. The summed E-state index contributed by atoms with van der Waals surface area (Å²) in [6.45, 7) is 7.15. The largest absolute Gasteiger partial charge is 0.341 e. The Balaban J connectivity index is 1.27. The van der Waals surface area contributed by atoms with Gasteiger partial charge in [0.15, 0.2) is 0 Å². The van der Waals surface area contributed by atoms with Crippen molar-refractivity contribution in [2.75, 3.05) is 26.2 Å². The van der Waals surface area contributed by atoms with Crippen LogP contribution in [0.2, 0.25) is 0 Å². The summed E-state index contributed by atoms with van der Waals surface area (Å²) in [5, 5.41) is 2.93. The first-order valence-electron chi connectivity index (χ1n) is 10.8.